The van der Waals surface area contributed by atoms with E-state index in [1.54, 1.807) is 0 Å². The zero-order valence-corrected chi connectivity index (χ0v) is 12.1. The van der Waals surface area contributed by atoms with E-state index in [2.05, 4.69) is 15.9 Å². The van der Waals surface area contributed by atoms with Gasteiger partial charge < -0.3 is 9.47 Å². The molecule has 0 aliphatic heterocycles. The van der Waals surface area contributed by atoms with Crippen molar-refractivity contribution < 1.29 is 23.2 Å². The molecule has 8 heteroatoms. The molecule has 1 fully saturated rings. The first-order chi connectivity index (χ1) is 9.43. The van der Waals surface area contributed by atoms with Crippen LogP contribution in [0.15, 0.2) is 12.1 Å². The predicted molar refractivity (Wildman–Crippen MR) is 70.2 cm³/mol. The predicted octanol–water partition coefficient (Wildman–Crippen LogP) is 3.19. The van der Waals surface area contributed by atoms with Gasteiger partial charge in [-0.2, -0.15) is 4.39 Å². The molecule has 0 bridgehead atoms. The number of nitro benzene ring substituents is 1. The number of halogens is 3. The van der Waals surface area contributed by atoms with Gasteiger partial charge >= 0.3 is 5.69 Å². The molecule has 5 nitrogen and oxygen atoms in total. The second-order valence-corrected chi connectivity index (χ2v) is 5.50. The average molecular weight is 352 g/mol. The van der Waals surface area contributed by atoms with Crippen LogP contribution in [0.2, 0.25) is 0 Å². The molecule has 0 heterocycles. The van der Waals surface area contributed by atoms with Crippen molar-refractivity contribution in [1.29, 1.82) is 0 Å². The quantitative estimate of drug-likeness (QED) is 0.464. The van der Waals surface area contributed by atoms with Crippen LogP contribution in [0.3, 0.4) is 0 Å². The summed E-state index contributed by atoms with van der Waals surface area (Å²) in [5.41, 5.74) is -0.914. The van der Waals surface area contributed by atoms with E-state index in [1.165, 1.54) is 0 Å². The molecule has 1 aromatic carbocycles. The zero-order chi connectivity index (χ0) is 14.9. The summed E-state index contributed by atoms with van der Waals surface area (Å²) >= 11 is 3.38. The van der Waals surface area contributed by atoms with Gasteiger partial charge in [-0.25, -0.2) is 4.39 Å². The highest BCUT2D eigenvalue weighted by molar-refractivity contribution is 9.09. The summed E-state index contributed by atoms with van der Waals surface area (Å²) in [6, 6.07) is 1.21. The maximum Gasteiger partial charge on any atom is 0.307 e. The van der Waals surface area contributed by atoms with Gasteiger partial charge in [-0.1, -0.05) is 15.9 Å². The Morgan fingerprint density at radius 3 is 2.70 bits per heavy atom. The van der Waals surface area contributed by atoms with Crippen LogP contribution in [0.4, 0.5) is 14.5 Å². The summed E-state index contributed by atoms with van der Waals surface area (Å²) in [4.78, 5) is 9.60. The normalized spacial score (nSPS) is 25.1. The molecule has 1 aliphatic carbocycles. The molecular weight excluding hydrogens is 340 g/mol. The minimum Gasteiger partial charge on any atom is -0.484 e. The molecule has 0 radical (unpaired) electrons. The van der Waals surface area contributed by atoms with Gasteiger partial charge in [0.2, 0.25) is 5.82 Å². The van der Waals surface area contributed by atoms with Gasteiger partial charge in [-0.15, -0.1) is 0 Å². The lowest BCUT2D eigenvalue weighted by atomic mass is 9.91. The second-order valence-electron chi connectivity index (χ2n) is 4.32. The molecule has 0 amide bonds. The Balaban J connectivity index is 2.14. The molecule has 1 aliphatic rings. The van der Waals surface area contributed by atoms with E-state index in [0.29, 0.717) is 25.2 Å². The summed E-state index contributed by atoms with van der Waals surface area (Å²) in [6.45, 7) is 2.30. The van der Waals surface area contributed by atoms with E-state index in [9.17, 15) is 18.9 Å². The standard InChI is InChI=1S/C12H12BrF2NO4/c1-2-19-12-6(13)3-11(12)20-10-5-7(14)9(16(17)18)4-8(10)15/h4-6,11-12H,2-3H2,1H3. The van der Waals surface area contributed by atoms with E-state index < -0.39 is 28.3 Å². The fourth-order valence-electron chi connectivity index (χ4n) is 1.96. The Morgan fingerprint density at radius 2 is 2.15 bits per heavy atom. The van der Waals surface area contributed by atoms with E-state index in [1.807, 2.05) is 6.92 Å². The molecule has 1 aromatic rings. The Bertz CT molecular complexity index is 528. The highest BCUT2D eigenvalue weighted by Crippen LogP contribution is 2.36. The smallest absolute Gasteiger partial charge is 0.307 e. The highest BCUT2D eigenvalue weighted by atomic mass is 79.9. The molecular formula is C12H12BrF2NO4. The van der Waals surface area contributed by atoms with E-state index in [-0.39, 0.29) is 16.7 Å². The summed E-state index contributed by atoms with van der Waals surface area (Å²) in [5.74, 6) is -2.44. The molecule has 3 atom stereocenters. The van der Waals surface area contributed by atoms with Crippen LogP contribution in [-0.4, -0.2) is 28.6 Å². The molecule has 3 unspecified atom stereocenters. The highest BCUT2D eigenvalue weighted by Gasteiger charge is 2.42. The molecule has 0 spiro atoms. The van der Waals surface area contributed by atoms with Gasteiger partial charge in [0, 0.05) is 23.9 Å². The van der Waals surface area contributed by atoms with Crippen molar-refractivity contribution in [3.63, 3.8) is 0 Å². The summed E-state index contributed by atoms with van der Waals surface area (Å²) in [7, 11) is 0. The summed E-state index contributed by atoms with van der Waals surface area (Å²) < 4.78 is 37.9. The minimum atomic E-state index is -1.13. The third-order valence-corrected chi connectivity index (χ3v) is 3.91. The number of alkyl halides is 1. The van der Waals surface area contributed by atoms with Crippen molar-refractivity contribution in [3.8, 4) is 5.75 Å². The van der Waals surface area contributed by atoms with E-state index >= 15 is 0 Å². The van der Waals surface area contributed by atoms with Crippen LogP contribution in [0.1, 0.15) is 13.3 Å². The van der Waals surface area contributed by atoms with Crippen molar-refractivity contribution in [2.75, 3.05) is 6.61 Å². The van der Waals surface area contributed by atoms with Crippen molar-refractivity contribution >= 4 is 21.6 Å². The van der Waals surface area contributed by atoms with Crippen molar-refractivity contribution in [2.45, 2.75) is 30.4 Å². The van der Waals surface area contributed by atoms with Crippen LogP contribution in [-0.2, 0) is 4.74 Å². The number of benzene rings is 1. The molecule has 20 heavy (non-hydrogen) atoms. The van der Waals surface area contributed by atoms with Crippen molar-refractivity contribution in [1.82, 2.24) is 0 Å². The fraction of sp³-hybridized carbons (Fsp3) is 0.500. The Kier molecular flexibility index (Phi) is 4.54. The zero-order valence-electron chi connectivity index (χ0n) is 10.5. The molecule has 0 saturated heterocycles. The van der Waals surface area contributed by atoms with Crippen molar-refractivity contribution in [3.05, 3.63) is 33.9 Å². The Labute approximate surface area is 122 Å². The number of ether oxygens (including phenoxy) is 2. The van der Waals surface area contributed by atoms with Gasteiger partial charge in [0.25, 0.3) is 0 Å². The SMILES string of the molecule is CCOC1C(Br)CC1Oc1cc(F)c([N+](=O)[O-])cc1F. The molecule has 2 rings (SSSR count). The number of nitro groups is 1. The lowest BCUT2D eigenvalue weighted by molar-refractivity contribution is -0.387. The van der Waals surface area contributed by atoms with Gasteiger partial charge in [0.05, 0.1) is 11.0 Å². The van der Waals surface area contributed by atoms with Crippen LogP contribution in [0.25, 0.3) is 0 Å². The average Bonchev–Trinajstić information content (AvgIpc) is 2.38. The van der Waals surface area contributed by atoms with E-state index in [4.69, 9.17) is 9.47 Å². The first kappa shape index (κ1) is 15.1. The topological polar surface area (TPSA) is 61.6 Å². The third kappa shape index (κ3) is 2.90. The maximum absolute atomic E-state index is 13.7. The fourth-order valence-corrected chi connectivity index (χ4v) is 2.82. The Morgan fingerprint density at radius 1 is 1.45 bits per heavy atom. The maximum atomic E-state index is 13.7. The molecule has 110 valence electrons. The van der Waals surface area contributed by atoms with Crippen LogP contribution >= 0.6 is 15.9 Å². The number of nitrogens with zero attached hydrogens (tertiary/aromatic N) is 1. The van der Waals surface area contributed by atoms with Gasteiger partial charge in [0.1, 0.15) is 12.2 Å². The monoisotopic (exact) mass is 351 g/mol. The Hall–Kier alpha value is -1.28. The van der Waals surface area contributed by atoms with Crippen molar-refractivity contribution in [2.24, 2.45) is 0 Å². The van der Waals surface area contributed by atoms with Crippen LogP contribution in [0.5, 0.6) is 5.75 Å². The van der Waals surface area contributed by atoms with E-state index in [0.717, 1.165) is 0 Å². The van der Waals surface area contributed by atoms with Gasteiger partial charge in [0.15, 0.2) is 11.6 Å². The lowest BCUT2D eigenvalue weighted by Crippen LogP contribution is -2.52. The van der Waals surface area contributed by atoms with Gasteiger partial charge in [-0.05, 0) is 6.92 Å². The van der Waals surface area contributed by atoms with Gasteiger partial charge in [-0.3, -0.25) is 10.1 Å². The van der Waals surface area contributed by atoms with Crippen LogP contribution < -0.4 is 4.74 Å². The molecule has 0 aromatic heterocycles. The lowest BCUT2D eigenvalue weighted by Gasteiger charge is -2.40. The molecule has 1 saturated carbocycles. The second kappa shape index (κ2) is 6.01. The molecule has 0 N–H and O–H groups in total. The summed E-state index contributed by atoms with van der Waals surface area (Å²) in [6.07, 6.45) is -0.0739. The minimum absolute atomic E-state index is 0.0957. The first-order valence-electron chi connectivity index (χ1n) is 5.99. The first-order valence-corrected chi connectivity index (χ1v) is 6.91. The largest absolute Gasteiger partial charge is 0.484 e. The number of hydrogen-bond acceptors (Lipinski definition) is 4. The number of hydrogen-bond donors (Lipinski definition) is 0. The van der Waals surface area contributed by atoms with Crippen LogP contribution in [0, 0.1) is 21.7 Å². The third-order valence-electron chi connectivity index (χ3n) is 3.02. The number of rotatable bonds is 5. The summed E-state index contributed by atoms with van der Waals surface area (Å²) in [5, 5.41) is 10.5.